The average Bonchev–Trinajstić information content (AvgIpc) is 2.10. The molecule has 0 bridgehead atoms. The molecule has 0 N–H and O–H groups in total. The zero-order valence-electron chi connectivity index (χ0n) is 8.92. The van der Waals surface area contributed by atoms with Crippen LogP contribution in [-0.4, -0.2) is 48.4 Å². The fourth-order valence-electron chi connectivity index (χ4n) is 1.65. The lowest BCUT2D eigenvalue weighted by molar-refractivity contribution is -0.133. The molecule has 3 heteroatoms. The van der Waals surface area contributed by atoms with Gasteiger partial charge in [-0.05, 0) is 20.4 Å². The second-order valence-corrected chi connectivity index (χ2v) is 3.92. The summed E-state index contributed by atoms with van der Waals surface area (Å²) in [5.41, 5.74) is 0. The third kappa shape index (κ3) is 2.69. The standard InChI is InChI=1S/C10H20N2O/c1-4-5-10(13)12-7-6-11(3)9(2)8-12/h9H,4-8H2,1-3H3. The van der Waals surface area contributed by atoms with Crippen molar-refractivity contribution in [2.75, 3.05) is 26.7 Å². The van der Waals surface area contributed by atoms with E-state index in [2.05, 4.69) is 25.8 Å². The Kier molecular flexibility index (Phi) is 3.72. The van der Waals surface area contributed by atoms with Gasteiger partial charge in [0.1, 0.15) is 0 Å². The Labute approximate surface area is 80.7 Å². The number of nitrogens with zero attached hydrogens (tertiary/aromatic N) is 2. The van der Waals surface area contributed by atoms with Crippen LogP contribution in [0.5, 0.6) is 0 Å². The van der Waals surface area contributed by atoms with Crippen LogP contribution in [0.3, 0.4) is 0 Å². The van der Waals surface area contributed by atoms with Crippen LogP contribution >= 0.6 is 0 Å². The molecular weight excluding hydrogens is 164 g/mol. The van der Waals surface area contributed by atoms with Crippen LogP contribution in [0, 0.1) is 0 Å². The van der Waals surface area contributed by atoms with Gasteiger partial charge in [0.25, 0.3) is 0 Å². The van der Waals surface area contributed by atoms with E-state index in [4.69, 9.17) is 0 Å². The smallest absolute Gasteiger partial charge is 0.222 e. The van der Waals surface area contributed by atoms with Gasteiger partial charge in [-0.15, -0.1) is 0 Å². The lowest BCUT2D eigenvalue weighted by Crippen LogP contribution is -2.51. The van der Waals surface area contributed by atoms with Gasteiger partial charge in [0.05, 0.1) is 0 Å². The van der Waals surface area contributed by atoms with E-state index in [1.807, 2.05) is 4.90 Å². The highest BCUT2D eigenvalue weighted by molar-refractivity contribution is 5.76. The molecule has 1 unspecified atom stereocenters. The second-order valence-electron chi connectivity index (χ2n) is 3.92. The Morgan fingerprint density at radius 1 is 1.46 bits per heavy atom. The zero-order valence-corrected chi connectivity index (χ0v) is 8.92. The number of hydrogen-bond acceptors (Lipinski definition) is 2. The van der Waals surface area contributed by atoms with Gasteiger partial charge >= 0.3 is 0 Å². The highest BCUT2D eigenvalue weighted by Crippen LogP contribution is 2.08. The van der Waals surface area contributed by atoms with Crippen molar-refractivity contribution in [3.05, 3.63) is 0 Å². The Bertz CT molecular complexity index is 182. The summed E-state index contributed by atoms with van der Waals surface area (Å²) in [7, 11) is 2.12. The molecule has 1 atom stereocenters. The Hall–Kier alpha value is -0.570. The van der Waals surface area contributed by atoms with Gasteiger partial charge < -0.3 is 9.80 Å². The van der Waals surface area contributed by atoms with Crippen LogP contribution in [0.25, 0.3) is 0 Å². The molecule has 0 aromatic rings. The first-order valence-electron chi connectivity index (χ1n) is 5.13. The molecule has 0 aromatic heterocycles. The first kappa shape index (κ1) is 10.5. The van der Waals surface area contributed by atoms with Crippen LogP contribution in [0.2, 0.25) is 0 Å². The van der Waals surface area contributed by atoms with Crippen LogP contribution in [0.4, 0.5) is 0 Å². The normalized spacial score (nSPS) is 24.8. The van der Waals surface area contributed by atoms with Gasteiger partial charge in [0.2, 0.25) is 5.91 Å². The van der Waals surface area contributed by atoms with Crippen LogP contribution in [-0.2, 0) is 4.79 Å². The van der Waals surface area contributed by atoms with E-state index in [9.17, 15) is 4.79 Å². The third-order valence-corrected chi connectivity index (χ3v) is 2.78. The van der Waals surface area contributed by atoms with E-state index in [-0.39, 0.29) is 0 Å². The van der Waals surface area contributed by atoms with Crippen LogP contribution < -0.4 is 0 Å². The summed E-state index contributed by atoms with van der Waals surface area (Å²) >= 11 is 0. The molecule has 13 heavy (non-hydrogen) atoms. The van der Waals surface area contributed by atoms with Gasteiger partial charge in [-0.2, -0.15) is 0 Å². The largest absolute Gasteiger partial charge is 0.340 e. The molecule has 0 radical (unpaired) electrons. The number of hydrogen-bond donors (Lipinski definition) is 0. The SMILES string of the molecule is CCCC(=O)N1CCN(C)C(C)C1. The topological polar surface area (TPSA) is 23.6 Å². The Morgan fingerprint density at radius 2 is 2.15 bits per heavy atom. The van der Waals surface area contributed by atoms with E-state index in [0.717, 1.165) is 26.1 Å². The summed E-state index contributed by atoms with van der Waals surface area (Å²) in [6.07, 6.45) is 1.66. The van der Waals surface area contributed by atoms with Crippen molar-refractivity contribution in [1.82, 2.24) is 9.80 Å². The van der Waals surface area contributed by atoms with Crippen molar-refractivity contribution in [3.8, 4) is 0 Å². The minimum absolute atomic E-state index is 0.322. The van der Waals surface area contributed by atoms with E-state index in [0.29, 0.717) is 18.4 Å². The molecule has 1 saturated heterocycles. The maximum atomic E-state index is 11.6. The molecule has 1 rings (SSSR count). The van der Waals surface area contributed by atoms with Crippen LogP contribution in [0.15, 0.2) is 0 Å². The predicted molar refractivity (Wildman–Crippen MR) is 53.6 cm³/mol. The van der Waals surface area contributed by atoms with Crippen molar-refractivity contribution in [1.29, 1.82) is 0 Å². The number of carbonyl (C=O) groups excluding carboxylic acids is 1. The fraction of sp³-hybridized carbons (Fsp3) is 0.900. The van der Waals surface area contributed by atoms with E-state index in [1.165, 1.54) is 0 Å². The van der Waals surface area contributed by atoms with Gasteiger partial charge in [-0.1, -0.05) is 6.92 Å². The van der Waals surface area contributed by atoms with Gasteiger partial charge in [0, 0.05) is 32.1 Å². The molecule has 1 fully saturated rings. The van der Waals surface area contributed by atoms with Gasteiger partial charge in [-0.3, -0.25) is 4.79 Å². The summed E-state index contributed by atoms with van der Waals surface area (Å²) in [5.74, 6) is 0.322. The fourth-order valence-corrected chi connectivity index (χ4v) is 1.65. The maximum absolute atomic E-state index is 11.6. The first-order valence-corrected chi connectivity index (χ1v) is 5.13. The van der Waals surface area contributed by atoms with Gasteiger partial charge in [0.15, 0.2) is 0 Å². The molecule has 0 spiro atoms. The number of carbonyl (C=O) groups is 1. The first-order chi connectivity index (χ1) is 6.15. The molecule has 76 valence electrons. The second kappa shape index (κ2) is 4.61. The minimum atomic E-state index is 0.322. The summed E-state index contributed by atoms with van der Waals surface area (Å²) < 4.78 is 0. The van der Waals surface area contributed by atoms with E-state index < -0.39 is 0 Å². The van der Waals surface area contributed by atoms with Crippen molar-refractivity contribution in [2.45, 2.75) is 32.7 Å². The number of amides is 1. The molecule has 0 saturated carbocycles. The summed E-state index contributed by atoms with van der Waals surface area (Å²) in [6.45, 7) is 7.04. The lowest BCUT2D eigenvalue weighted by Gasteiger charge is -2.37. The van der Waals surface area contributed by atoms with Crippen molar-refractivity contribution < 1.29 is 4.79 Å². The highest BCUT2D eigenvalue weighted by atomic mass is 16.2. The van der Waals surface area contributed by atoms with Crippen molar-refractivity contribution >= 4 is 5.91 Å². The van der Waals surface area contributed by atoms with E-state index in [1.54, 1.807) is 0 Å². The Balaban J connectivity index is 2.40. The van der Waals surface area contributed by atoms with Crippen LogP contribution in [0.1, 0.15) is 26.7 Å². The molecule has 1 heterocycles. The molecule has 0 aromatic carbocycles. The molecule has 0 aliphatic carbocycles. The minimum Gasteiger partial charge on any atom is -0.340 e. The number of piperazine rings is 1. The summed E-state index contributed by atoms with van der Waals surface area (Å²) in [5, 5.41) is 0. The van der Waals surface area contributed by atoms with E-state index >= 15 is 0 Å². The van der Waals surface area contributed by atoms with Gasteiger partial charge in [-0.25, -0.2) is 0 Å². The monoisotopic (exact) mass is 184 g/mol. The average molecular weight is 184 g/mol. The summed E-state index contributed by atoms with van der Waals surface area (Å²) in [4.78, 5) is 15.9. The molecule has 1 aliphatic rings. The zero-order chi connectivity index (χ0) is 9.84. The Morgan fingerprint density at radius 3 is 2.69 bits per heavy atom. The predicted octanol–water partition coefficient (Wildman–Crippen LogP) is 0.949. The van der Waals surface area contributed by atoms with Crippen molar-refractivity contribution in [2.24, 2.45) is 0 Å². The lowest BCUT2D eigenvalue weighted by atomic mass is 10.2. The number of likely N-dealkylation sites (N-methyl/N-ethyl adjacent to an activating group) is 1. The molecule has 1 amide bonds. The maximum Gasteiger partial charge on any atom is 0.222 e. The molecular formula is C10H20N2O. The molecule has 1 aliphatic heterocycles. The molecule has 3 nitrogen and oxygen atoms in total. The number of rotatable bonds is 2. The summed E-state index contributed by atoms with van der Waals surface area (Å²) in [6, 6.07) is 0.509. The van der Waals surface area contributed by atoms with Crippen molar-refractivity contribution in [3.63, 3.8) is 0 Å². The highest BCUT2D eigenvalue weighted by Gasteiger charge is 2.23. The quantitative estimate of drug-likeness (QED) is 0.638. The third-order valence-electron chi connectivity index (χ3n) is 2.78.